The highest BCUT2D eigenvalue weighted by atomic mass is 16.2. The first kappa shape index (κ1) is 15.0. The van der Waals surface area contributed by atoms with Gasteiger partial charge in [0, 0.05) is 6.54 Å². The predicted molar refractivity (Wildman–Crippen MR) is 74.6 cm³/mol. The minimum absolute atomic E-state index is 0.217. The monoisotopic (exact) mass is 264 g/mol. The number of carbonyl (C=O) groups is 2. The van der Waals surface area contributed by atoms with Crippen LogP contribution in [0.25, 0.3) is 0 Å². The first-order valence-corrected chi connectivity index (χ1v) is 6.15. The minimum atomic E-state index is -0.598. The molecule has 104 valence electrons. The number of likely N-dealkylation sites (N-methyl/N-ethyl adjacent to an activating group) is 1. The van der Waals surface area contributed by atoms with Crippen LogP contribution in [-0.2, 0) is 4.79 Å². The van der Waals surface area contributed by atoms with Crippen molar-refractivity contribution in [1.82, 2.24) is 10.6 Å². The van der Waals surface area contributed by atoms with Crippen LogP contribution in [0.3, 0.4) is 0 Å². The Morgan fingerprint density at radius 2 is 2.05 bits per heavy atom. The summed E-state index contributed by atoms with van der Waals surface area (Å²) in [5.41, 5.74) is 4.41. The van der Waals surface area contributed by atoms with E-state index in [9.17, 15) is 9.59 Å². The van der Waals surface area contributed by atoms with Gasteiger partial charge in [0.2, 0.25) is 5.91 Å². The van der Waals surface area contributed by atoms with Crippen molar-refractivity contribution in [3.8, 4) is 0 Å². The van der Waals surface area contributed by atoms with E-state index >= 15 is 0 Å². The fourth-order valence-electron chi connectivity index (χ4n) is 1.64. The third kappa shape index (κ3) is 3.96. The number of anilines is 1. The second kappa shape index (κ2) is 6.75. The fourth-order valence-corrected chi connectivity index (χ4v) is 1.64. The van der Waals surface area contributed by atoms with E-state index in [2.05, 4.69) is 16.1 Å². The summed E-state index contributed by atoms with van der Waals surface area (Å²) in [6.07, 6.45) is 0. The number of carbonyl (C=O) groups excluding carboxylic acids is 2. The fraction of sp³-hybridized carbons (Fsp3) is 0.385. The smallest absolute Gasteiger partial charge is 0.254 e. The summed E-state index contributed by atoms with van der Waals surface area (Å²) in [5.74, 6) is 4.83. The zero-order chi connectivity index (χ0) is 14.4. The molecule has 0 saturated carbocycles. The summed E-state index contributed by atoms with van der Waals surface area (Å²) in [6.45, 7) is 5.88. The normalized spacial score (nSPS) is 11.6. The quantitative estimate of drug-likeness (QED) is 0.461. The molecule has 0 radical (unpaired) electrons. The van der Waals surface area contributed by atoms with Gasteiger partial charge in [-0.2, -0.15) is 0 Å². The van der Waals surface area contributed by atoms with Crippen LogP contribution in [-0.4, -0.2) is 24.4 Å². The third-order valence-electron chi connectivity index (χ3n) is 2.67. The Hall–Kier alpha value is -2.08. The second-order valence-corrected chi connectivity index (χ2v) is 4.28. The Balaban J connectivity index is 2.81. The van der Waals surface area contributed by atoms with E-state index in [-0.39, 0.29) is 11.8 Å². The Bertz CT molecular complexity index is 474. The minimum Gasteiger partial charge on any atom is -0.355 e. The lowest BCUT2D eigenvalue weighted by atomic mass is 10.1. The summed E-state index contributed by atoms with van der Waals surface area (Å²) >= 11 is 0. The van der Waals surface area contributed by atoms with Crippen molar-refractivity contribution in [1.29, 1.82) is 0 Å². The third-order valence-corrected chi connectivity index (χ3v) is 2.67. The van der Waals surface area contributed by atoms with Crippen LogP contribution in [0.15, 0.2) is 18.2 Å². The van der Waals surface area contributed by atoms with Crippen molar-refractivity contribution in [2.45, 2.75) is 26.8 Å². The van der Waals surface area contributed by atoms with E-state index < -0.39 is 6.04 Å². The number of hydrogen-bond donors (Lipinski definition) is 4. The molecule has 0 aliphatic rings. The van der Waals surface area contributed by atoms with E-state index in [0.29, 0.717) is 17.8 Å². The molecule has 1 aromatic rings. The first-order chi connectivity index (χ1) is 8.99. The number of hydrazine groups is 1. The van der Waals surface area contributed by atoms with Crippen molar-refractivity contribution in [3.63, 3.8) is 0 Å². The zero-order valence-corrected chi connectivity index (χ0v) is 11.4. The van der Waals surface area contributed by atoms with Gasteiger partial charge in [-0.1, -0.05) is 6.07 Å². The van der Waals surface area contributed by atoms with E-state index in [1.807, 2.05) is 19.9 Å². The molecular weight excluding hydrogens is 244 g/mol. The van der Waals surface area contributed by atoms with Crippen LogP contribution < -0.4 is 21.9 Å². The number of amides is 2. The van der Waals surface area contributed by atoms with Crippen molar-refractivity contribution >= 4 is 17.5 Å². The molecule has 1 atom stereocenters. The van der Waals surface area contributed by atoms with Crippen molar-refractivity contribution in [3.05, 3.63) is 29.3 Å². The lowest BCUT2D eigenvalue weighted by Crippen LogP contribution is -2.44. The highest BCUT2D eigenvalue weighted by Gasteiger charge is 2.17. The number of aryl methyl sites for hydroxylation is 1. The largest absolute Gasteiger partial charge is 0.355 e. The van der Waals surface area contributed by atoms with Gasteiger partial charge in [0.25, 0.3) is 5.91 Å². The molecule has 6 heteroatoms. The number of hydrogen-bond acceptors (Lipinski definition) is 4. The van der Waals surface area contributed by atoms with Crippen LogP contribution >= 0.6 is 0 Å². The van der Waals surface area contributed by atoms with Crippen LogP contribution in [0, 0.1) is 6.92 Å². The molecule has 0 aliphatic carbocycles. The summed E-state index contributed by atoms with van der Waals surface area (Å²) in [4.78, 5) is 23.6. The van der Waals surface area contributed by atoms with Crippen LogP contribution in [0.1, 0.15) is 29.8 Å². The van der Waals surface area contributed by atoms with Gasteiger partial charge >= 0.3 is 0 Å². The predicted octanol–water partition coefficient (Wildman–Crippen LogP) is 0.535. The van der Waals surface area contributed by atoms with Crippen LogP contribution in [0.5, 0.6) is 0 Å². The SMILES string of the molecule is CCNC(=O)C(C)NC(=O)c1ccc(C)cc1NN. The van der Waals surface area contributed by atoms with E-state index in [4.69, 9.17) is 5.84 Å². The standard InChI is InChI=1S/C13H20N4O2/c1-4-15-12(18)9(3)16-13(19)10-6-5-8(2)7-11(10)17-14/h5-7,9,17H,4,14H2,1-3H3,(H,15,18)(H,16,19). The molecule has 5 N–H and O–H groups in total. The zero-order valence-electron chi connectivity index (χ0n) is 11.4. The van der Waals surface area contributed by atoms with Crippen LogP contribution in [0.2, 0.25) is 0 Å². The maximum atomic E-state index is 12.1. The lowest BCUT2D eigenvalue weighted by Gasteiger charge is -2.15. The molecule has 0 heterocycles. The maximum Gasteiger partial charge on any atom is 0.254 e. The van der Waals surface area contributed by atoms with Gasteiger partial charge < -0.3 is 16.1 Å². The molecule has 0 aliphatic heterocycles. The highest BCUT2D eigenvalue weighted by Crippen LogP contribution is 2.16. The summed E-state index contributed by atoms with van der Waals surface area (Å²) in [5, 5.41) is 5.27. The molecule has 0 spiro atoms. The lowest BCUT2D eigenvalue weighted by molar-refractivity contribution is -0.122. The molecule has 2 amide bonds. The molecule has 1 rings (SSSR count). The van der Waals surface area contributed by atoms with Crippen molar-refractivity contribution < 1.29 is 9.59 Å². The van der Waals surface area contributed by atoms with Gasteiger partial charge in [-0.05, 0) is 38.5 Å². The van der Waals surface area contributed by atoms with E-state index in [1.54, 1.807) is 19.1 Å². The van der Waals surface area contributed by atoms with Crippen molar-refractivity contribution in [2.75, 3.05) is 12.0 Å². The number of nitrogens with one attached hydrogen (secondary N) is 3. The average molecular weight is 264 g/mol. The molecule has 1 unspecified atom stereocenters. The molecule has 6 nitrogen and oxygen atoms in total. The summed E-state index contributed by atoms with van der Waals surface area (Å²) in [7, 11) is 0. The molecule has 19 heavy (non-hydrogen) atoms. The molecule has 0 bridgehead atoms. The number of rotatable bonds is 5. The van der Waals surface area contributed by atoms with Gasteiger partial charge in [0.1, 0.15) is 6.04 Å². The Morgan fingerprint density at radius 1 is 1.37 bits per heavy atom. The summed E-state index contributed by atoms with van der Waals surface area (Å²) in [6, 6.07) is 4.65. The van der Waals surface area contributed by atoms with Crippen molar-refractivity contribution in [2.24, 2.45) is 5.84 Å². The Morgan fingerprint density at radius 3 is 2.63 bits per heavy atom. The molecule has 0 aromatic heterocycles. The number of nitrogen functional groups attached to an aromatic ring is 1. The maximum absolute atomic E-state index is 12.1. The second-order valence-electron chi connectivity index (χ2n) is 4.28. The van der Waals surface area contributed by atoms with Gasteiger partial charge in [0.05, 0.1) is 11.3 Å². The molecule has 0 saturated heterocycles. The molecule has 1 aromatic carbocycles. The topological polar surface area (TPSA) is 96.2 Å². The Labute approximate surface area is 112 Å². The highest BCUT2D eigenvalue weighted by molar-refractivity contribution is 6.01. The number of nitrogens with two attached hydrogens (primary N) is 1. The van der Waals surface area contributed by atoms with Gasteiger partial charge in [-0.15, -0.1) is 0 Å². The average Bonchev–Trinajstić information content (AvgIpc) is 2.38. The summed E-state index contributed by atoms with van der Waals surface area (Å²) < 4.78 is 0. The molecule has 0 fully saturated rings. The van der Waals surface area contributed by atoms with Gasteiger partial charge in [-0.25, -0.2) is 0 Å². The Kier molecular flexibility index (Phi) is 5.32. The van der Waals surface area contributed by atoms with Crippen LogP contribution in [0.4, 0.5) is 5.69 Å². The van der Waals surface area contributed by atoms with Gasteiger partial charge in [0.15, 0.2) is 0 Å². The van der Waals surface area contributed by atoms with E-state index in [0.717, 1.165) is 5.56 Å². The number of benzene rings is 1. The molecular formula is C13H20N4O2. The van der Waals surface area contributed by atoms with Gasteiger partial charge in [-0.3, -0.25) is 15.4 Å². The van der Waals surface area contributed by atoms with E-state index in [1.165, 1.54) is 0 Å². The first-order valence-electron chi connectivity index (χ1n) is 6.15.